The first-order chi connectivity index (χ1) is 9.06. The van der Waals surface area contributed by atoms with Crippen molar-refractivity contribution in [2.75, 3.05) is 19.8 Å². The van der Waals surface area contributed by atoms with E-state index in [4.69, 9.17) is 9.47 Å². The van der Waals surface area contributed by atoms with Crippen molar-refractivity contribution in [1.82, 2.24) is 4.90 Å². The van der Waals surface area contributed by atoms with Crippen LogP contribution < -0.4 is 0 Å². The molecule has 1 fully saturated rings. The molecule has 0 aromatic carbocycles. The summed E-state index contributed by atoms with van der Waals surface area (Å²) < 4.78 is 10.4. The topological polar surface area (TPSA) is 55.8 Å². The van der Waals surface area contributed by atoms with E-state index in [9.17, 15) is 9.59 Å². The number of amides is 1. The Kier molecular flexibility index (Phi) is 6.67. The molecule has 1 atom stereocenters. The van der Waals surface area contributed by atoms with E-state index < -0.39 is 12.1 Å². The van der Waals surface area contributed by atoms with Crippen LogP contribution in [0.4, 0.5) is 4.79 Å². The highest BCUT2D eigenvalue weighted by Gasteiger charge is 2.36. The number of rotatable bonds is 6. The molecule has 0 aromatic rings. The van der Waals surface area contributed by atoms with Gasteiger partial charge < -0.3 is 9.47 Å². The normalized spacial score (nSPS) is 18.7. The maximum atomic E-state index is 11.9. The minimum Gasteiger partial charge on any atom is -0.464 e. The monoisotopic (exact) mass is 271 g/mol. The third kappa shape index (κ3) is 5.09. The van der Waals surface area contributed by atoms with E-state index in [2.05, 4.69) is 0 Å². The first-order valence-corrected chi connectivity index (χ1v) is 7.16. The number of ether oxygens (including phenoxy) is 2. The minimum absolute atomic E-state index is 0.293. The summed E-state index contributed by atoms with van der Waals surface area (Å²) in [6.07, 6.45) is 2.93. The van der Waals surface area contributed by atoms with Crippen LogP contribution in [0.25, 0.3) is 0 Å². The summed E-state index contributed by atoms with van der Waals surface area (Å²) in [5, 5.41) is 0. The predicted octanol–water partition coefficient (Wildman–Crippen LogP) is 2.59. The number of carbonyl (C=O) groups excluding carboxylic acids is 2. The van der Waals surface area contributed by atoms with Gasteiger partial charge >= 0.3 is 12.1 Å². The van der Waals surface area contributed by atoms with Crippen LogP contribution >= 0.6 is 0 Å². The SMILES string of the molecule is CCCCOC(=O)[C@@H]1CCCN1C(=O)OCC(C)C. The van der Waals surface area contributed by atoms with E-state index >= 15 is 0 Å². The fraction of sp³-hybridized carbons (Fsp3) is 0.857. The van der Waals surface area contributed by atoms with Crippen molar-refractivity contribution < 1.29 is 19.1 Å². The van der Waals surface area contributed by atoms with E-state index in [-0.39, 0.29) is 5.97 Å². The molecule has 1 rings (SSSR count). The van der Waals surface area contributed by atoms with Gasteiger partial charge in [-0.2, -0.15) is 0 Å². The lowest BCUT2D eigenvalue weighted by molar-refractivity contribution is -0.148. The third-order valence-corrected chi connectivity index (χ3v) is 3.04. The fourth-order valence-corrected chi connectivity index (χ4v) is 1.96. The van der Waals surface area contributed by atoms with Gasteiger partial charge in [-0.25, -0.2) is 9.59 Å². The Bertz CT molecular complexity index is 304. The lowest BCUT2D eigenvalue weighted by atomic mass is 10.2. The second-order valence-electron chi connectivity index (χ2n) is 5.34. The number of unbranched alkanes of at least 4 members (excludes halogenated alkanes) is 1. The van der Waals surface area contributed by atoms with Crippen molar-refractivity contribution in [2.24, 2.45) is 5.92 Å². The van der Waals surface area contributed by atoms with Gasteiger partial charge in [0, 0.05) is 6.54 Å². The molecule has 19 heavy (non-hydrogen) atoms. The zero-order valence-corrected chi connectivity index (χ0v) is 12.2. The van der Waals surface area contributed by atoms with Crippen LogP contribution in [0.5, 0.6) is 0 Å². The van der Waals surface area contributed by atoms with Crippen LogP contribution in [0.3, 0.4) is 0 Å². The molecule has 1 saturated heterocycles. The molecule has 0 radical (unpaired) electrons. The highest BCUT2D eigenvalue weighted by atomic mass is 16.6. The largest absolute Gasteiger partial charge is 0.464 e. The van der Waals surface area contributed by atoms with Crippen LogP contribution in [0.15, 0.2) is 0 Å². The van der Waals surface area contributed by atoms with Gasteiger partial charge in [0.2, 0.25) is 0 Å². The van der Waals surface area contributed by atoms with Gasteiger partial charge in [0.15, 0.2) is 0 Å². The number of hydrogen-bond donors (Lipinski definition) is 0. The summed E-state index contributed by atoms with van der Waals surface area (Å²) in [7, 11) is 0. The summed E-state index contributed by atoms with van der Waals surface area (Å²) in [5.41, 5.74) is 0. The van der Waals surface area contributed by atoms with Crippen LogP contribution in [0.2, 0.25) is 0 Å². The Balaban J connectivity index is 2.44. The molecule has 1 aliphatic heterocycles. The number of nitrogens with zero attached hydrogens (tertiary/aromatic N) is 1. The Morgan fingerprint density at radius 3 is 2.68 bits per heavy atom. The maximum Gasteiger partial charge on any atom is 0.410 e. The molecular weight excluding hydrogens is 246 g/mol. The smallest absolute Gasteiger partial charge is 0.410 e. The number of esters is 1. The Morgan fingerprint density at radius 2 is 2.05 bits per heavy atom. The zero-order valence-electron chi connectivity index (χ0n) is 12.2. The summed E-state index contributed by atoms with van der Waals surface area (Å²) >= 11 is 0. The highest BCUT2D eigenvalue weighted by molar-refractivity contribution is 5.82. The van der Waals surface area contributed by atoms with Crippen LogP contribution in [0, 0.1) is 5.92 Å². The summed E-state index contributed by atoms with van der Waals surface area (Å²) in [6.45, 7) is 7.39. The van der Waals surface area contributed by atoms with Crippen molar-refractivity contribution in [3.05, 3.63) is 0 Å². The Morgan fingerprint density at radius 1 is 1.32 bits per heavy atom. The summed E-state index contributed by atoms with van der Waals surface area (Å²) in [6, 6.07) is -0.462. The van der Waals surface area contributed by atoms with Gasteiger partial charge in [-0.1, -0.05) is 27.2 Å². The van der Waals surface area contributed by atoms with E-state index in [1.165, 1.54) is 4.90 Å². The predicted molar refractivity (Wildman–Crippen MR) is 71.8 cm³/mol. The lowest BCUT2D eigenvalue weighted by Gasteiger charge is -2.23. The molecule has 110 valence electrons. The maximum absolute atomic E-state index is 11.9. The first-order valence-electron chi connectivity index (χ1n) is 7.16. The molecular formula is C14H25NO4. The molecule has 5 nitrogen and oxygen atoms in total. The molecule has 1 amide bonds. The van der Waals surface area contributed by atoms with E-state index in [0.717, 1.165) is 19.3 Å². The molecule has 0 unspecified atom stereocenters. The van der Waals surface area contributed by atoms with Crippen molar-refractivity contribution in [3.8, 4) is 0 Å². The molecule has 0 N–H and O–H groups in total. The van der Waals surface area contributed by atoms with Crippen LogP contribution in [0.1, 0.15) is 46.5 Å². The molecule has 0 bridgehead atoms. The Hall–Kier alpha value is -1.26. The molecule has 0 spiro atoms. The fourth-order valence-electron chi connectivity index (χ4n) is 1.96. The van der Waals surface area contributed by atoms with Crippen LogP contribution in [-0.2, 0) is 14.3 Å². The average molecular weight is 271 g/mol. The van der Waals surface area contributed by atoms with Crippen molar-refractivity contribution >= 4 is 12.1 Å². The standard InChI is InChI=1S/C14H25NO4/c1-4-5-9-18-13(16)12-7-6-8-15(12)14(17)19-10-11(2)3/h11-12H,4-10H2,1-3H3/t12-/m0/s1. The third-order valence-electron chi connectivity index (χ3n) is 3.04. The number of likely N-dealkylation sites (tertiary alicyclic amines) is 1. The van der Waals surface area contributed by atoms with Gasteiger partial charge in [0.1, 0.15) is 6.04 Å². The average Bonchev–Trinajstić information content (AvgIpc) is 2.85. The lowest BCUT2D eigenvalue weighted by Crippen LogP contribution is -2.42. The van der Waals surface area contributed by atoms with E-state index in [1.54, 1.807) is 0 Å². The van der Waals surface area contributed by atoms with Gasteiger partial charge in [-0.3, -0.25) is 4.90 Å². The first kappa shape index (κ1) is 15.8. The van der Waals surface area contributed by atoms with Crippen molar-refractivity contribution in [3.63, 3.8) is 0 Å². The molecule has 5 heteroatoms. The van der Waals surface area contributed by atoms with E-state index in [1.807, 2.05) is 20.8 Å². The van der Waals surface area contributed by atoms with Crippen LogP contribution in [-0.4, -0.2) is 42.8 Å². The number of carbonyl (C=O) groups is 2. The van der Waals surface area contributed by atoms with Gasteiger partial charge in [-0.05, 0) is 25.2 Å². The minimum atomic E-state index is -0.462. The molecule has 0 aliphatic carbocycles. The highest BCUT2D eigenvalue weighted by Crippen LogP contribution is 2.20. The van der Waals surface area contributed by atoms with Crippen molar-refractivity contribution in [1.29, 1.82) is 0 Å². The summed E-state index contributed by atoms with van der Waals surface area (Å²) in [4.78, 5) is 25.3. The zero-order chi connectivity index (χ0) is 14.3. The summed E-state index contributed by atoms with van der Waals surface area (Å²) in [5.74, 6) is -0.00560. The van der Waals surface area contributed by atoms with Gasteiger partial charge in [-0.15, -0.1) is 0 Å². The molecule has 0 saturated carbocycles. The van der Waals surface area contributed by atoms with Gasteiger partial charge in [0.25, 0.3) is 0 Å². The van der Waals surface area contributed by atoms with Crippen molar-refractivity contribution in [2.45, 2.75) is 52.5 Å². The molecule has 1 heterocycles. The second-order valence-corrected chi connectivity index (χ2v) is 5.34. The quantitative estimate of drug-likeness (QED) is 0.550. The number of hydrogen-bond acceptors (Lipinski definition) is 4. The Labute approximate surface area is 115 Å². The van der Waals surface area contributed by atoms with E-state index in [0.29, 0.717) is 32.1 Å². The van der Waals surface area contributed by atoms with Gasteiger partial charge in [0.05, 0.1) is 13.2 Å². The molecule has 0 aromatic heterocycles. The second kappa shape index (κ2) is 8.02. The molecule has 1 aliphatic rings.